The summed E-state index contributed by atoms with van der Waals surface area (Å²) in [7, 11) is 4.16. The molecule has 0 aromatic carbocycles. The summed E-state index contributed by atoms with van der Waals surface area (Å²) in [6, 6.07) is 1.36. The fourth-order valence-electron chi connectivity index (χ4n) is 4.06. The van der Waals surface area contributed by atoms with Crippen LogP contribution in [0.5, 0.6) is 0 Å². The SMILES string of the molecule is CCCN1CCC(NC(=NC)NCCN(C)C2CCCCC2)CC1.I. The van der Waals surface area contributed by atoms with Crippen LogP contribution in [0.25, 0.3) is 0 Å². The number of guanidine groups is 1. The molecule has 0 aromatic rings. The van der Waals surface area contributed by atoms with Crippen LogP contribution in [0.2, 0.25) is 0 Å². The molecule has 2 rings (SSSR count). The fraction of sp³-hybridized carbons (Fsp3) is 0.947. The van der Waals surface area contributed by atoms with Crippen LogP contribution in [0.15, 0.2) is 4.99 Å². The van der Waals surface area contributed by atoms with E-state index < -0.39 is 0 Å². The van der Waals surface area contributed by atoms with Crippen molar-refractivity contribution in [1.82, 2.24) is 20.4 Å². The smallest absolute Gasteiger partial charge is 0.191 e. The Morgan fingerprint density at radius 1 is 1.12 bits per heavy atom. The molecule has 1 saturated heterocycles. The normalized spacial score (nSPS) is 21.2. The third kappa shape index (κ3) is 8.43. The van der Waals surface area contributed by atoms with Gasteiger partial charge < -0.3 is 20.4 Å². The van der Waals surface area contributed by atoms with E-state index in [9.17, 15) is 0 Å². The van der Waals surface area contributed by atoms with E-state index >= 15 is 0 Å². The molecule has 1 heterocycles. The third-order valence-corrected chi connectivity index (χ3v) is 5.65. The maximum atomic E-state index is 4.41. The van der Waals surface area contributed by atoms with Crippen molar-refractivity contribution in [3.05, 3.63) is 0 Å². The summed E-state index contributed by atoms with van der Waals surface area (Å²) in [6.07, 6.45) is 10.7. The van der Waals surface area contributed by atoms with E-state index in [1.54, 1.807) is 0 Å². The minimum absolute atomic E-state index is 0. The lowest BCUT2D eigenvalue weighted by atomic mass is 9.94. The molecule has 1 aliphatic heterocycles. The summed E-state index contributed by atoms with van der Waals surface area (Å²) in [5.41, 5.74) is 0. The second kappa shape index (κ2) is 13.1. The second-order valence-electron chi connectivity index (χ2n) is 7.53. The molecule has 0 aromatic heterocycles. The number of aliphatic imine (C=N–C) groups is 1. The van der Waals surface area contributed by atoms with E-state index in [2.05, 4.69) is 39.4 Å². The van der Waals surface area contributed by atoms with Gasteiger partial charge in [0.2, 0.25) is 0 Å². The number of nitrogens with zero attached hydrogens (tertiary/aromatic N) is 3. The van der Waals surface area contributed by atoms with Crippen LogP contribution in [0.4, 0.5) is 0 Å². The monoisotopic (exact) mass is 465 g/mol. The minimum atomic E-state index is 0. The van der Waals surface area contributed by atoms with Crippen molar-refractivity contribution in [3.8, 4) is 0 Å². The van der Waals surface area contributed by atoms with E-state index in [0.717, 1.165) is 25.1 Å². The highest BCUT2D eigenvalue weighted by atomic mass is 127. The molecule has 2 N–H and O–H groups in total. The minimum Gasteiger partial charge on any atom is -0.355 e. The molecule has 0 radical (unpaired) electrons. The van der Waals surface area contributed by atoms with Crippen LogP contribution in [0.3, 0.4) is 0 Å². The quantitative estimate of drug-likeness (QED) is 0.345. The standard InChI is InChI=1S/C19H39N5.HI/c1-4-13-24-14-10-17(11-15-24)22-19(20-2)21-12-16-23(3)18-8-6-5-7-9-18;/h17-18H,4-16H2,1-3H3,(H2,20,21,22);1H. The van der Waals surface area contributed by atoms with E-state index in [-0.39, 0.29) is 24.0 Å². The molecule has 1 aliphatic carbocycles. The Hall–Kier alpha value is -0.0800. The first-order valence-electron chi connectivity index (χ1n) is 10.1. The predicted octanol–water partition coefficient (Wildman–Crippen LogP) is 2.91. The first-order chi connectivity index (χ1) is 11.7. The zero-order chi connectivity index (χ0) is 17.2. The zero-order valence-electron chi connectivity index (χ0n) is 16.6. The number of likely N-dealkylation sites (N-methyl/N-ethyl adjacent to an activating group) is 1. The molecule has 0 amide bonds. The van der Waals surface area contributed by atoms with Gasteiger partial charge in [-0.1, -0.05) is 26.2 Å². The average Bonchev–Trinajstić information content (AvgIpc) is 2.63. The lowest BCUT2D eigenvalue weighted by Crippen LogP contribution is -2.50. The van der Waals surface area contributed by atoms with E-state index in [1.807, 2.05) is 7.05 Å². The van der Waals surface area contributed by atoms with Crippen molar-refractivity contribution in [2.45, 2.75) is 70.4 Å². The molecule has 0 atom stereocenters. The molecule has 6 heteroatoms. The van der Waals surface area contributed by atoms with Gasteiger partial charge in [0.1, 0.15) is 0 Å². The van der Waals surface area contributed by atoms with Crippen molar-refractivity contribution < 1.29 is 0 Å². The van der Waals surface area contributed by atoms with E-state index in [4.69, 9.17) is 0 Å². The van der Waals surface area contributed by atoms with Crippen molar-refractivity contribution in [2.75, 3.05) is 46.8 Å². The molecule has 0 unspecified atom stereocenters. The number of hydrogen-bond donors (Lipinski definition) is 2. The highest BCUT2D eigenvalue weighted by Gasteiger charge is 2.20. The summed E-state index contributed by atoms with van der Waals surface area (Å²) in [4.78, 5) is 9.52. The van der Waals surface area contributed by atoms with Gasteiger partial charge in [0.25, 0.3) is 0 Å². The lowest BCUT2D eigenvalue weighted by molar-refractivity contribution is 0.194. The van der Waals surface area contributed by atoms with Gasteiger partial charge in [-0.3, -0.25) is 4.99 Å². The zero-order valence-corrected chi connectivity index (χ0v) is 18.9. The summed E-state index contributed by atoms with van der Waals surface area (Å²) in [6.45, 7) is 8.01. The number of hydrogen-bond acceptors (Lipinski definition) is 3. The summed E-state index contributed by atoms with van der Waals surface area (Å²) < 4.78 is 0. The van der Waals surface area contributed by atoms with Gasteiger partial charge in [-0.25, -0.2) is 0 Å². The molecule has 25 heavy (non-hydrogen) atoms. The number of rotatable bonds is 7. The Balaban J connectivity index is 0.00000312. The highest BCUT2D eigenvalue weighted by molar-refractivity contribution is 14.0. The molecule has 0 bridgehead atoms. The Morgan fingerprint density at radius 3 is 2.40 bits per heavy atom. The maximum Gasteiger partial charge on any atom is 0.191 e. The van der Waals surface area contributed by atoms with E-state index in [1.165, 1.54) is 71.0 Å². The van der Waals surface area contributed by atoms with Crippen molar-refractivity contribution in [3.63, 3.8) is 0 Å². The lowest BCUT2D eigenvalue weighted by Gasteiger charge is -2.33. The number of nitrogens with one attached hydrogen (secondary N) is 2. The van der Waals surface area contributed by atoms with Crippen LogP contribution in [-0.4, -0.2) is 74.7 Å². The van der Waals surface area contributed by atoms with Crippen LogP contribution < -0.4 is 10.6 Å². The number of halogens is 1. The average molecular weight is 465 g/mol. The Labute approximate surface area is 172 Å². The molecule has 2 fully saturated rings. The second-order valence-corrected chi connectivity index (χ2v) is 7.53. The van der Waals surface area contributed by atoms with E-state index in [0.29, 0.717) is 6.04 Å². The van der Waals surface area contributed by atoms with Crippen LogP contribution in [0.1, 0.15) is 58.3 Å². The van der Waals surface area contributed by atoms with Crippen LogP contribution >= 0.6 is 24.0 Å². The molecule has 0 spiro atoms. The molecular formula is C19H40IN5. The predicted molar refractivity (Wildman–Crippen MR) is 119 cm³/mol. The van der Waals surface area contributed by atoms with Crippen molar-refractivity contribution in [2.24, 2.45) is 4.99 Å². The van der Waals surface area contributed by atoms with Gasteiger partial charge in [-0.05, 0) is 45.7 Å². The Bertz CT molecular complexity index is 363. The summed E-state index contributed by atoms with van der Waals surface area (Å²) in [5.74, 6) is 0.973. The molecular weight excluding hydrogens is 425 g/mol. The van der Waals surface area contributed by atoms with Gasteiger partial charge >= 0.3 is 0 Å². The molecule has 1 saturated carbocycles. The first-order valence-corrected chi connectivity index (χ1v) is 10.1. The summed E-state index contributed by atoms with van der Waals surface area (Å²) in [5, 5.41) is 7.12. The van der Waals surface area contributed by atoms with Gasteiger partial charge in [-0.15, -0.1) is 24.0 Å². The number of piperidine rings is 1. The largest absolute Gasteiger partial charge is 0.355 e. The van der Waals surface area contributed by atoms with Crippen molar-refractivity contribution >= 4 is 29.9 Å². The highest BCUT2D eigenvalue weighted by Crippen LogP contribution is 2.21. The summed E-state index contributed by atoms with van der Waals surface area (Å²) >= 11 is 0. The van der Waals surface area contributed by atoms with Gasteiger partial charge in [0, 0.05) is 45.3 Å². The Morgan fingerprint density at radius 2 is 1.80 bits per heavy atom. The fourth-order valence-corrected chi connectivity index (χ4v) is 4.06. The third-order valence-electron chi connectivity index (χ3n) is 5.65. The van der Waals surface area contributed by atoms with Crippen LogP contribution in [-0.2, 0) is 0 Å². The Kier molecular flexibility index (Phi) is 12.1. The van der Waals surface area contributed by atoms with Gasteiger partial charge in [0.15, 0.2) is 5.96 Å². The van der Waals surface area contributed by atoms with Gasteiger partial charge in [0.05, 0.1) is 0 Å². The topological polar surface area (TPSA) is 42.9 Å². The maximum absolute atomic E-state index is 4.41. The molecule has 148 valence electrons. The first kappa shape index (κ1) is 23.0. The van der Waals surface area contributed by atoms with Crippen molar-refractivity contribution in [1.29, 1.82) is 0 Å². The number of likely N-dealkylation sites (tertiary alicyclic amines) is 1. The van der Waals surface area contributed by atoms with Crippen LogP contribution in [0, 0.1) is 0 Å². The molecule has 5 nitrogen and oxygen atoms in total. The molecule has 2 aliphatic rings. The van der Waals surface area contributed by atoms with Gasteiger partial charge in [-0.2, -0.15) is 0 Å².